The molecule has 0 amide bonds. The maximum Gasteiger partial charge on any atom is 0.218 e. The number of hydrogen-bond acceptors (Lipinski definition) is 3. The van der Waals surface area contributed by atoms with Gasteiger partial charge < -0.3 is 5.11 Å². The molecule has 1 aromatic rings. The van der Waals surface area contributed by atoms with Crippen LogP contribution in [0.3, 0.4) is 0 Å². The third-order valence-corrected chi connectivity index (χ3v) is 9.33. The van der Waals surface area contributed by atoms with E-state index in [0.717, 1.165) is 49.7 Å². The summed E-state index contributed by atoms with van der Waals surface area (Å²) in [5.74, 6) is 0.0389. The van der Waals surface area contributed by atoms with Crippen LogP contribution < -0.4 is 0 Å². The summed E-state index contributed by atoms with van der Waals surface area (Å²) < 4.78 is 0. The highest BCUT2D eigenvalue weighted by molar-refractivity contribution is 8.06. The Balaban J connectivity index is 1.96. The van der Waals surface area contributed by atoms with E-state index < -0.39 is 0 Å². The van der Waals surface area contributed by atoms with Gasteiger partial charge in [0.25, 0.3) is 0 Å². The maximum absolute atomic E-state index is 13.4. The van der Waals surface area contributed by atoms with Crippen molar-refractivity contribution in [3.8, 4) is 0 Å². The summed E-state index contributed by atoms with van der Waals surface area (Å²) in [6, 6.07) is 4.42. The average molecular weight is 608 g/mol. The van der Waals surface area contributed by atoms with Crippen LogP contribution in [-0.4, -0.2) is 10.9 Å². The molecule has 2 nitrogen and oxygen atoms in total. The first-order chi connectivity index (χ1) is 19.1. The van der Waals surface area contributed by atoms with Crippen LogP contribution in [0.4, 0.5) is 0 Å². The molecule has 1 N–H and O–H groups in total. The number of carbonyl (C=O) groups excluding carboxylic acids is 1. The smallest absolute Gasteiger partial charge is 0.218 e. The van der Waals surface area contributed by atoms with Gasteiger partial charge >= 0.3 is 0 Å². The van der Waals surface area contributed by atoms with Crippen molar-refractivity contribution in [1.29, 1.82) is 0 Å². The average Bonchev–Trinajstić information content (AvgIpc) is 2.80. The van der Waals surface area contributed by atoms with E-state index in [2.05, 4.69) is 107 Å². The molecule has 230 valence electrons. The van der Waals surface area contributed by atoms with Crippen LogP contribution in [0.25, 0.3) is 6.08 Å². The number of Topliss-reactive ketones (excluding diaryl/α,β-unsaturated/α-hetero) is 1. The lowest BCUT2D eigenvalue weighted by molar-refractivity contribution is -0.113. The summed E-state index contributed by atoms with van der Waals surface area (Å²) in [6.07, 6.45) is 14.4. The molecular formula is C38H55O2S2+. The van der Waals surface area contributed by atoms with Crippen molar-refractivity contribution in [2.45, 2.75) is 122 Å². The summed E-state index contributed by atoms with van der Waals surface area (Å²) in [7, 11) is 0. The third-order valence-electron chi connectivity index (χ3n) is 7.11. The van der Waals surface area contributed by atoms with Gasteiger partial charge in [-0.1, -0.05) is 94.8 Å². The molecule has 3 rings (SSSR count). The van der Waals surface area contributed by atoms with Gasteiger partial charge in [-0.25, -0.2) is 0 Å². The minimum atomic E-state index is -0.0743. The number of carbonyl (C=O) groups is 1. The molecule has 0 saturated carbocycles. The number of thioether (sulfide) groups is 1. The summed E-state index contributed by atoms with van der Waals surface area (Å²) in [5, 5.41) is 11.1. The Morgan fingerprint density at radius 2 is 1.17 bits per heavy atom. The Kier molecular flexibility index (Phi) is 10.7. The molecule has 0 spiro atoms. The molecule has 2 aliphatic rings. The van der Waals surface area contributed by atoms with E-state index in [-0.39, 0.29) is 33.2 Å². The van der Waals surface area contributed by atoms with Gasteiger partial charge in [-0.2, -0.15) is 0 Å². The number of hydrogen-bond donors (Lipinski definition) is 1. The fraction of sp³-hybridized carbons (Fsp3) is 0.579. The van der Waals surface area contributed by atoms with Crippen molar-refractivity contribution >= 4 is 35.0 Å². The Morgan fingerprint density at radius 3 is 1.55 bits per heavy atom. The minimum absolute atomic E-state index is 0.0743. The number of aryl methyl sites for hydroxylation is 2. The molecule has 0 atom stereocenters. The second kappa shape index (κ2) is 13.0. The monoisotopic (exact) mass is 607 g/mol. The number of aliphatic hydroxyl groups is 1. The molecule has 0 radical (unpaired) electrons. The van der Waals surface area contributed by atoms with E-state index in [1.165, 1.54) is 19.6 Å². The van der Waals surface area contributed by atoms with Crippen molar-refractivity contribution in [3.05, 3.63) is 78.0 Å². The molecule has 1 aromatic heterocycles. The second-order valence-electron chi connectivity index (χ2n) is 17.0. The number of ketones is 1. The Bertz CT molecular complexity index is 1270. The van der Waals surface area contributed by atoms with Crippen LogP contribution in [0, 0.1) is 21.7 Å². The predicted molar refractivity (Wildman–Crippen MR) is 187 cm³/mol. The normalized spacial score (nSPS) is 17.9. The molecule has 2 heterocycles. The highest BCUT2D eigenvalue weighted by Crippen LogP contribution is 2.44. The molecule has 42 heavy (non-hydrogen) atoms. The molecule has 1 aliphatic carbocycles. The summed E-state index contributed by atoms with van der Waals surface area (Å²) in [4.78, 5) is 18.7. The van der Waals surface area contributed by atoms with Gasteiger partial charge in [0.1, 0.15) is 5.76 Å². The zero-order valence-electron chi connectivity index (χ0n) is 28.4. The van der Waals surface area contributed by atoms with Crippen LogP contribution >= 0.6 is 23.1 Å². The fourth-order valence-electron chi connectivity index (χ4n) is 4.95. The second-order valence-corrected chi connectivity index (χ2v) is 19.5. The number of aliphatic hydroxyl groups excluding tert-OH is 1. The maximum atomic E-state index is 13.4. The van der Waals surface area contributed by atoms with Gasteiger partial charge in [-0.3, -0.25) is 4.79 Å². The molecule has 0 aromatic carbocycles. The molecule has 0 saturated heterocycles. The van der Waals surface area contributed by atoms with Crippen molar-refractivity contribution < 1.29 is 9.90 Å². The van der Waals surface area contributed by atoms with Gasteiger partial charge in [0.15, 0.2) is 0 Å². The third kappa shape index (κ3) is 11.3. The standard InChI is InChI=1S/C38H54O2S2/c1-35(2,3)15-13-27-17-25(18-28(41-27)14-16-36(4,5)6)21-31-33(39)32(34(31)40)22-26-19-29(23-37(7,8)9)42-30(20-26)24-38(10,11)12/h17-22H,13-16,23-24H2,1-12H3/p+1. The Morgan fingerprint density at radius 1 is 0.714 bits per heavy atom. The molecular weight excluding hydrogens is 553 g/mol. The van der Waals surface area contributed by atoms with Gasteiger partial charge in [-0.05, 0) is 92.6 Å². The lowest BCUT2D eigenvalue weighted by Gasteiger charge is -2.27. The lowest BCUT2D eigenvalue weighted by Crippen LogP contribution is -2.21. The first-order valence-corrected chi connectivity index (χ1v) is 17.2. The first-order valence-electron chi connectivity index (χ1n) is 15.5. The van der Waals surface area contributed by atoms with Crippen molar-refractivity contribution in [1.82, 2.24) is 0 Å². The Hall–Kier alpha value is -1.91. The largest absolute Gasteiger partial charge is 0.506 e. The highest BCUT2D eigenvalue weighted by atomic mass is 32.2. The summed E-state index contributed by atoms with van der Waals surface area (Å²) in [5.41, 5.74) is 3.72. The first kappa shape index (κ1) is 34.6. The number of allylic oxidation sites excluding steroid dienone is 8. The van der Waals surface area contributed by atoms with Gasteiger partial charge in [0.2, 0.25) is 26.9 Å². The molecule has 0 bridgehead atoms. The van der Waals surface area contributed by atoms with E-state index >= 15 is 0 Å². The van der Waals surface area contributed by atoms with E-state index in [9.17, 15) is 9.90 Å². The molecule has 0 fully saturated rings. The molecule has 1 aliphatic heterocycles. The summed E-state index contributed by atoms with van der Waals surface area (Å²) >= 11 is 3.76. The van der Waals surface area contributed by atoms with Gasteiger partial charge in [0, 0.05) is 25.0 Å². The zero-order valence-corrected chi connectivity index (χ0v) is 30.0. The zero-order chi connectivity index (χ0) is 31.7. The van der Waals surface area contributed by atoms with Crippen LogP contribution in [-0.2, 0) is 17.6 Å². The molecule has 0 unspecified atom stereocenters. The number of rotatable bonds is 8. The van der Waals surface area contributed by atoms with Gasteiger partial charge in [0.05, 0.1) is 11.1 Å². The van der Waals surface area contributed by atoms with Crippen LogP contribution in [0.1, 0.15) is 124 Å². The topological polar surface area (TPSA) is 37.3 Å². The highest BCUT2D eigenvalue weighted by Gasteiger charge is 2.33. The van der Waals surface area contributed by atoms with Crippen LogP contribution in [0.5, 0.6) is 0 Å². The van der Waals surface area contributed by atoms with E-state index in [1.807, 2.05) is 35.3 Å². The van der Waals surface area contributed by atoms with Crippen LogP contribution in [0.2, 0.25) is 0 Å². The van der Waals surface area contributed by atoms with Crippen LogP contribution in [0.15, 0.2) is 62.6 Å². The molecule has 4 heteroatoms. The van der Waals surface area contributed by atoms with E-state index in [0.29, 0.717) is 11.1 Å². The van der Waals surface area contributed by atoms with Crippen molar-refractivity contribution in [3.63, 3.8) is 0 Å². The quantitative estimate of drug-likeness (QED) is 0.236. The van der Waals surface area contributed by atoms with E-state index in [4.69, 9.17) is 0 Å². The van der Waals surface area contributed by atoms with Crippen molar-refractivity contribution in [2.75, 3.05) is 0 Å². The summed E-state index contributed by atoms with van der Waals surface area (Å²) in [6.45, 7) is 27.2. The minimum Gasteiger partial charge on any atom is -0.506 e. The fourth-order valence-corrected chi connectivity index (χ4v) is 7.83. The Labute approximate surface area is 265 Å². The van der Waals surface area contributed by atoms with Crippen molar-refractivity contribution in [2.24, 2.45) is 21.7 Å². The van der Waals surface area contributed by atoms with Gasteiger partial charge in [-0.15, -0.1) is 0 Å². The predicted octanol–water partition coefficient (Wildman–Crippen LogP) is 12.1. The van der Waals surface area contributed by atoms with E-state index in [1.54, 1.807) is 0 Å². The SMILES string of the molecule is CC(C)(C)CCc1cc(C=C2C(=O)C(C=C3C=C(CC(C)(C)C)SC(CC(C)(C)C)=C3)=C2O)cc(CCC(C)(C)C)[s+]1. The lowest BCUT2D eigenvalue weighted by atomic mass is 9.85.